The minimum Gasteiger partial charge on any atom is -0.379 e. The monoisotopic (exact) mass is 553 g/mol. The van der Waals surface area contributed by atoms with Crippen LogP contribution < -0.4 is 10.6 Å². The quantitative estimate of drug-likeness (QED) is 0.266. The third kappa shape index (κ3) is 6.14. The Labute approximate surface area is 204 Å². The molecule has 8 nitrogen and oxygen atoms in total. The van der Waals surface area contributed by atoms with Crippen molar-refractivity contribution >= 4 is 35.6 Å². The lowest BCUT2D eigenvalue weighted by Gasteiger charge is -2.35. The van der Waals surface area contributed by atoms with Gasteiger partial charge in [-0.05, 0) is 36.8 Å². The Morgan fingerprint density at radius 3 is 2.66 bits per heavy atom. The molecule has 3 aromatic rings. The van der Waals surface area contributed by atoms with Crippen LogP contribution in [0.5, 0.6) is 0 Å². The summed E-state index contributed by atoms with van der Waals surface area (Å²) in [7, 11) is 0. The Bertz CT molecular complexity index is 1000. The minimum atomic E-state index is -0.229. The van der Waals surface area contributed by atoms with E-state index < -0.39 is 0 Å². The van der Waals surface area contributed by atoms with Crippen molar-refractivity contribution in [1.82, 2.24) is 30.1 Å². The summed E-state index contributed by atoms with van der Waals surface area (Å²) in [5.74, 6) is 1.25. The summed E-state index contributed by atoms with van der Waals surface area (Å²) in [6.45, 7) is 6.88. The van der Waals surface area contributed by atoms with Crippen LogP contribution in [0.3, 0.4) is 0 Å². The highest BCUT2D eigenvalue weighted by molar-refractivity contribution is 14.0. The Morgan fingerprint density at radius 2 is 1.91 bits per heavy atom. The Morgan fingerprint density at radius 1 is 1.12 bits per heavy atom. The van der Waals surface area contributed by atoms with Gasteiger partial charge < -0.3 is 15.4 Å². The smallest absolute Gasteiger partial charge is 0.191 e. The van der Waals surface area contributed by atoms with Gasteiger partial charge in [0.1, 0.15) is 12.4 Å². The molecular formula is C22H29FIN7O. The van der Waals surface area contributed by atoms with Gasteiger partial charge in [0.25, 0.3) is 0 Å². The number of fused-ring (bicyclic) bond motifs is 1. The normalized spacial score (nSPS) is 15.9. The second-order valence-electron chi connectivity index (χ2n) is 7.34. The number of guanidine groups is 1. The summed E-state index contributed by atoms with van der Waals surface area (Å²) in [4.78, 5) is 7.06. The first-order chi connectivity index (χ1) is 15.2. The number of morpholine rings is 1. The molecule has 1 aromatic carbocycles. The van der Waals surface area contributed by atoms with Crippen molar-refractivity contribution in [3.63, 3.8) is 0 Å². The molecule has 1 fully saturated rings. The molecule has 0 aliphatic carbocycles. The molecule has 10 heteroatoms. The second kappa shape index (κ2) is 12.1. The predicted octanol–water partition coefficient (Wildman–Crippen LogP) is 2.62. The van der Waals surface area contributed by atoms with E-state index in [2.05, 4.69) is 25.7 Å². The SMILES string of the molecule is CCNC(=NCc1nnc2ccccn12)NCC(c1ccc(F)cc1)N1CCOCC1.I. The van der Waals surface area contributed by atoms with Crippen molar-refractivity contribution in [3.05, 3.63) is 65.9 Å². The molecule has 1 saturated heterocycles. The van der Waals surface area contributed by atoms with E-state index in [4.69, 9.17) is 9.73 Å². The summed E-state index contributed by atoms with van der Waals surface area (Å²) >= 11 is 0. The van der Waals surface area contributed by atoms with Crippen LogP contribution in [0.1, 0.15) is 24.4 Å². The van der Waals surface area contributed by atoms with Crippen LogP contribution in [0.4, 0.5) is 4.39 Å². The van der Waals surface area contributed by atoms with E-state index in [9.17, 15) is 4.39 Å². The Hall–Kier alpha value is -2.31. The van der Waals surface area contributed by atoms with E-state index in [1.165, 1.54) is 12.1 Å². The largest absolute Gasteiger partial charge is 0.379 e. The number of aliphatic imine (C=N–C) groups is 1. The molecule has 1 unspecified atom stereocenters. The molecule has 0 spiro atoms. The lowest BCUT2D eigenvalue weighted by atomic mass is 10.0. The number of pyridine rings is 1. The van der Waals surface area contributed by atoms with E-state index in [0.717, 1.165) is 36.7 Å². The fourth-order valence-corrected chi connectivity index (χ4v) is 3.72. The zero-order valence-corrected chi connectivity index (χ0v) is 20.4. The number of ether oxygens (including phenoxy) is 1. The van der Waals surface area contributed by atoms with Crippen LogP contribution >= 0.6 is 24.0 Å². The van der Waals surface area contributed by atoms with Crippen molar-refractivity contribution in [2.24, 2.45) is 4.99 Å². The lowest BCUT2D eigenvalue weighted by molar-refractivity contribution is 0.0170. The van der Waals surface area contributed by atoms with Crippen LogP contribution in [0.15, 0.2) is 53.7 Å². The lowest BCUT2D eigenvalue weighted by Crippen LogP contribution is -2.46. The molecule has 32 heavy (non-hydrogen) atoms. The third-order valence-electron chi connectivity index (χ3n) is 5.31. The van der Waals surface area contributed by atoms with E-state index in [1.807, 2.05) is 47.9 Å². The average Bonchev–Trinajstić information content (AvgIpc) is 3.22. The van der Waals surface area contributed by atoms with Gasteiger partial charge in [0.05, 0.1) is 19.3 Å². The number of hydrogen-bond donors (Lipinski definition) is 2. The van der Waals surface area contributed by atoms with Gasteiger partial charge in [-0.25, -0.2) is 9.38 Å². The van der Waals surface area contributed by atoms with Crippen LogP contribution in [0.25, 0.3) is 5.65 Å². The highest BCUT2D eigenvalue weighted by Gasteiger charge is 2.23. The molecule has 0 amide bonds. The number of benzene rings is 1. The zero-order chi connectivity index (χ0) is 21.5. The second-order valence-corrected chi connectivity index (χ2v) is 7.34. The molecule has 1 aliphatic rings. The summed E-state index contributed by atoms with van der Waals surface area (Å²) in [5.41, 5.74) is 1.87. The van der Waals surface area contributed by atoms with Crippen LogP contribution in [0.2, 0.25) is 0 Å². The molecule has 172 valence electrons. The maximum Gasteiger partial charge on any atom is 0.191 e. The Balaban J connectivity index is 0.00000289. The molecule has 0 saturated carbocycles. The van der Waals surface area contributed by atoms with Gasteiger partial charge in [0.2, 0.25) is 0 Å². The highest BCUT2D eigenvalue weighted by Crippen LogP contribution is 2.21. The summed E-state index contributed by atoms with van der Waals surface area (Å²) in [6.07, 6.45) is 1.93. The minimum absolute atomic E-state index is 0. The van der Waals surface area contributed by atoms with E-state index >= 15 is 0 Å². The van der Waals surface area contributed by atoms with Gasteiger partial charge >= 0.3 is 0 Å². The molecule has 0 bridgehead atoms. The molecule has 2 aromatic heterocycles. The van der Waals surface area contributed by atoms with Crippen LogP contribution in [-0.2, 0) is 11.3 Å². The van der Waals surface area contributed by atoms with Gasteiger partial charge in [-0.1, -0.05) is 18.2 Å². The predicted molar refractivity (Wildman–Crippen MR) is 133 cm³/mol. The molecule has 4 rings (SSSR count). The van der Waals surface area contributed by atoms with Crippen molar-refractivity contribution in [3.8, 4) is 0 Å². The summed E-state index contributed by atoms with van der Waals surface area (Å²) in [5, 5.41) is 15.2. The number of nitrogens with zero attached hydrogens (tertiary/aromatic N) is 5. The van der Waals surface area contributed by atoms with Gasteiger partial charge in [-0.15, -0.1) is 34.2 Å². The number of hydrogen-bond acceptors (Lipinski definition) is 5. The van der Waals surface area contributed by atoms with Crippen molar-refractivity contribution in [2.75, 3.05) is 39.4 Å². The molecule has 1 atom stereocenters. The van der Waals surface area contributed by atoms with Gasteiger partial charge in [-0.3, -0.25) is 9.30 Å². The first-order valence-corrected chi connectivity index (χ1v) is 10.6. The Kier molecular flexibility index (Phi) is 9.18. The van der Waals surface area contributed by atoms with Crippen molar-refractivity contribution in [2.45, 2.75) is 19.5 Å². The van der Waals surface area contributed by atoms with Crippen molar-refractivity contribution < 1.29 is 9.13 Å². The topological polar surface area (TPSA) is 79.1 Å². The average molecular weight is 553 g/mol. The van der Waals surface area contributed by atoms with Crippen LogP contribution in [-0.4, -0.2) is 64.9 Å². The first-order valence-electron chi connectivity index (χ1n) is 10.6. The highest BCUT2D eigenvalue weighted by atomic mass is 127. The fourth-order valence-electron chi connectivity index (χ4n) is 3.72. The molecule has 1 aliphatic heterocycles. The molecule has 0 radical (unpaired) electrons. The molecule has 2 N–H and O–H groups in total. The summed E-state index contributed by atoms with van der Waals surface area (Å²) in [6, 6.07) is 12.6. The molecular weight excluding hydrogens is 524 g/mol. The number of halogens is 2. The van der Waals surface area contributed by atoms with E-state index in [0.29, 0.717) is 32.3 Å². The van der Waals surface area contributed by atoms with Gasteiger partial charge in [0.15, 0.2) is 17.4 Å². The zero-order valence-electron chi connectivity index (χ0n) is 18.1. The molecule has 3 heterocycles. The maximum absolute atomic E-state index is 13.5. The van der Waals surface area contributed by atoms with Crippen LogP contribution in [0, 0.1) is 5.82 Å². The van der Waals surface area contributed by atoms with E-state index in [-0.39, 0.29) is 35.8 Å². The number of aromatic nitrogens is 3. The standard InChI is InChI=1S/C22H28FN7O.HI/c1-2-24-22(26-16-21-28-27-20-5-3-4-10-30(20)21)25-15-19(29-11-13-31-14-12-29)17-6-8-18(23)9-7-17;/h3-10,19H,2,11-16H2,1H3,(H2,24,25,26);1H. The maximum atomic E-state index is 13.5. The first kappa shape index (κ1) is 24.3. The van der Waals surface area contributed by atoms with E-state index in [1.54, 1.807) is 0 Å². The van der Waals surface area contributed by atoms with Crippen molar-refractivity contribution in [1.29, 1.82) is 0 Å². The fraction of sp³-hybridized carbons (Fsp3) is 0.409. The van der Waals surface area contributed by atoms with Gasteiger partial charge in [-0.2, -0.15) is 0 Å². The number of rotatable bonds is 7. The number of nitrogens with one attached hydrogen (secondary N) is 2. The van der Waals surface area contributed by atoms with Gasteiger partial charge in [0, 0.05) is 32.4 Å². The third-order valence-corrected chi connectivity index (χ3v) is 5.31. The summed E-state index contributed by atoms with van der Waals surface area (Å²) < 4.78 is 20.9.